The number of carbonyl (C=O) groups excluding carboxylic acids is 1. The highest BCUT2D eigenvalue weighted by molar-refractivity contribution is 5.92. The first kappa shape index (κ1) is 19.1. The van der Waals surface area contributed by atoms with E-state index in [0.29, 0.717) is 11.6 Å². The molecule has 3 rings (SSSR count). The summed E-state index contributed by atoms with van der Waals surface area (Å²) < 4.78 is 0. The van der Waals surface area contributed by atoms with Crippen molar-refractivity contribution in [1.29, 1.82) is 0 Å². The van der Waals surface area contributed by atoms with Crippen molar-refractivity contribution in [2.45, 2.75) is 46.1 Å². The Morgan fingerprint density at radius 3 is 2.41 bits per heavy atom. The topological polar surface area (TPSA) is 70.2 Å². The zero-order valence-electron chi connectivity index (χ0n) is 16.6. The average molecular weight is 367 g/mol. The van der Waals surface area contributed by atoms with Crippen LogP contribution in [0, 0.1) is 5.92 Å². The minimum atomic E-state index is -0.308. The van der Waals surface area contributed by atoms with Gasteiger partial charge in [0.2, 0.25) is 5.95 Å². The molecule has 1 amide bonds. The van der Waals surface area contributed by atoms with Crippen LogP contribution in [0.2, 0.25) is 0 Å². The van der Waals surface area contributed by atoms with Crippen LogP contribution in [-0.4, -0.2) is 34.5 Å². The Kier molecular flexibility index (Phi) is 5.63. The zero-order chi connectivity index (χ0) is 19.4. The van der Waals surface area contributed by atoms with Crippen molar-refractivity contribution in [3.8, 4) is 0 Å². The number of benzene rings is 1. The van der Waals surface area contributed by atoms with Gasteiger partial charge in [-0.2, -0.15) is 0 Å². The van der Waals surface area contributed by atoms with E-state index in [1.165, 1.54) is 18.5 Å². The third-order valence-electron chi connectivity index (χ3n) is 4.65. The van der Waals surface area contributed by atoms with Gasteiger partial charge in [0, 0.05) is 36.2 Å². The van der Waals surface area contributed by atoms with Gasteiger partial charge in [-0.3, -0.25) is 4.79 Å². The molecule has 0 radical (unpaired) electrons. The van der Waals surface area contributed by atoms with Gasteiger partial charge >= 0.3 is 0 Å². The summed E-state index contributed by atoms with van der Waals surface area (Å²) >= 11 is 0. The van der Waals surface area contributed by atoms with Gasteiger partial charge in [-0.1, -0.05) is 6.92 Å². The summed E-state index contributed by atoms with van der Waals surface area (Å²) in [5.41, 5.74) is 2.18. The third-order valence-corrected chi connectivity index (χ3v) is 4.65. The molecule has 1 saturated heterocycles. The number of hydrogen-bond donors (Lipinski definition) is 2. The van der Waals surface area contributed by atoms with Crippen LogP contribution < -0.4 is 15.5 Å². The van der Waals surface area contributed by atoms with Crippen LogP contribution in [0.15, 0.2) is 36.5 Å². The van der Waals surface area contributed by atoms with Crippen LogP contribution in [0.3, 0.4) is 0 Å². The van der Waals surface area contributed by atoms with Gasteiger partial charge in [0.05, 0.1) is 0 Å². The van der Waals surface area contributed by atoms with Crippen LogP contribution in [-0.2, 0) is 0 Å². The lowest BCUT2D eigenvalue weighted by molar-refractivity contribution is 0.0914. The summed E-state index contributed by atoms with van der Waals surface area (Å²) in [6.45, 7) is 10.4. The van der Waals surface area contributed by atoms with E-state index in [9.17, 15) is 4.79 Å². The van der Waals surface area contributed by atoms with E-state index >= 15 is 0 Å². The molecule has 27 heavy (non-hydrogen) atoms. The summed E-state index contributed by atoms with van der Waals surface area (Å²) in [6, 6.07) is 9.91. The Labute approximate surface area is 161 Å². The maximum Gasteiger partial charge on any atom is 0.270 e. The van der Waals surface area contributed by atoms with Crippen molar-refractivity contribution in [2.75, 3.05) is 23.3 Å². The molecular formula is C21H29N5O. The second-order valence-corrected chi connectivity index (χ2v) is 8.31. The molecular weight excluding hydrogens is 338 g/mol. The van der Waals surface area contributed by atoms with Gasteiger partial charge < -0.3 is 15.5 Å². The van der Waals surface area contributed by atoms with Crippen LogP contribution in [0.1, 0.15) is 51.0 Å². The molecule has 1 fully saturated rings. The number of piperidine rings is 1. The first-order valence-electron chi connectivity index (χ1n) is 9.58. The fourth-order valence-corrected chi connectivity index (χ4v) is 3.10. The quantitative estimate of drug-likeness (QED) is 0.855. The largest absolute Gasteiger partial charge is 0.372 e. The molecule has 2 aromatic rings. The smallest absolute Gasteiger partial charge is 0.270 e. The first-order valence-corrected chi connectivity index (χ1v) is 9.58. The molecule has 0 atom stereocenters. The van der Waals surface area contributed by atoms with Gasteiger partial charge in [-0.15, -0.1) is 0 Å². The van der Waals surface area contributed by atoms with Gasteiger partial charge in [0.1, 0.15) is 5.69 Å². The number of hydrogen-bond acceptors (Lipinski definition) is 5. The summed E-state index contributed by atoms with van der Waals surface area (Å²) in [5.74, 6) is 1.03. The van der Waals surface area contributed by atoms with E-state index in [4.69, 9.17) is 0 Å². The predicted molar refractivity (Wildman–Crippen MR) is 110 cm³/mol. The molecule has 2 N–H and O–H groups in total. The van der Waals surface area contributed by atoms with Crippen molar-refractivity contribution in [3.63, 3.8) is 0 Å². The first-order chi connectivity index (χ1) is 12.8. The molecule has 1 aromatic heterocycles. The fourth-order valence-electron chi connectivity index (χ4n) is 3.10. The second kappa shape index (κ2) is 7.94. The molecule has 0 aliphatic carbocycles. The van der Waals surface area contributed by atoms with E-state index in [2.05, 4.69) is 44.6 Å². The van der Waals surface area contributed by atoms with E-state index in [-0.39, 0.29) is 11.4 Å². The molecule has 0 unspecified atom stereocenters. The van der Waals surface area contributed by atoms with Gasteiger partial charge in [-0.25, -0.2) is 9.97 Å². The molecule has 1 aliphatic heterocycles. The molecule has 2 heterocycles. The van der Waals surface area contributed by atoms with Crippen LogP contribution >= 0.6 is 0 Å². The molecule has 0 spiro atoms. The van der Waals surface area contributed by atoms with Gasteiger partial charge in [0.15, 0.2) is 0 Å². The van der Waals surface area contributed by atoms with Crippen molar-refractivity contribution in [3.05, 3.63) is 42.2 Å². The Morgan fingerprint density at radius 2 is 1.78 bits per heavy atom. The predicted octanol–water partition coefficient (Wildman–Crippen LogP) is 3.98. The van der Waals surface area contributed by atoms with E-state index in [1.54, 1.807) is 12.3 Å². The van der Waals surface area contributed by atoms with Crippen molar-refractivity contribution >= 4 is 23.2 Å². The highest BCUT2D eigenvalue weighted by Crippen LogP contribution is 2.25. The molecule has 0 saturated carbocycles. The molecule has 6 nitrogen and oxygen atoms in total. The Hall–Kier alpha value is -2.63. The molecule has 1 aromatic carbocycles. The lowest BCUT2D eigenvalue weighted by Gasteiger charge is -2.32. The lowest BCUT2D eigenvalue weighted by Crippen LogP contribution is -2.41. The third kappa shape index (κ3) is 5.42. The summed E-state index contributed by atoms with van der Waals surface area (Å²) in [6.07, 6.45) is 4.09. The standard InChI is InChI=1S/C21H29N5O/c1-15-10-13-26(14-11-15)17-7-5-16(6-8-17)23-20-22-12-9-18(24-20)19(27)25-21(2,3)4/h5-9,12,15H,10-11,13-14H2,1-4H3,(H,25,27)(H,22,23,24). The maximum absolute atomic E-state index is 12.3. The summed E-state index contributed by atoms with van der Waals surface area (Å²) in [5, 5.41) is 6.09. The van der Waals surface area contributed by atoms with Gasteiger partial charge in [-0.05, 0) is 69.9 Å². The average Bonchev–Trinajstić information content (AvgIpc) is 2.62. The van der Waals surface area contributed by atoms with E-state index in [0.717, 1.165) is 24.7 Å². The lowest BCUT2D eigenvalue weighted by atomic mass is 9.99. The Morgan fingerprint density at radius 1 is 1.11 bits per heavy atom. The fraction of sp³-hybridized carbons (Fsp3) is 0.476. The second-order valence-electron chi connectivity index (χ2n) is 8.31. The minimum Gasteiger partial charge on any atom is -0.372 e. The summed E-state index contributed by atoms with van der Waals surface area (Å²) in [4.78, 5) is 23.3. The minimum absolute atomic E-state index is 0.206. The van der Waals surface area contributed by atoms with Crippen molar-refractivity contribution in [1.82, 2.24) is 15.3 Å². The molecule has 1 aliphatic rings. The van der Waals surface area contributed by atoms with E-state index in [1.807, 2.05) is 32.9 Å². The normalized spacial score (nSPS) is 15.5. The highest BCUT2D eigenvalue weighted by atomic mass is 16.2. The zero-order valence-corrected chi connectivity index (χ0v) is 16.6. The molecule has 0 bridgehead atoms. The number of anilines is 3. The van der Waals surface area contributed by atoms with Gasteiger partial charge in [0.25, 0.3) is 5.91 Å². The van der Waals surface area contributed by atoms with Crippen molar-refractivity contribution in [2.24, 2.45) is 5.92 Å². The Balaban J connectivity index is 1.65. The monoisotopic (exact) mass is 367 g/mol. The summed E-state index contributed by atoms with van der Waals surface area (Å²) in [7, 11) is 0. The van der Waals surface area contributed by atoms with Crippen LogP contribution in [0.4, 0.5) is 17.3 Å². The highest BCUT2D eigenvalue weighted by Gasteiger charge is 2.17. The number of carbonyl (C=O) groups is 1. The van der Waals surface area contributed by atoms with Crippen molar-refractivity contribution < 1.29 is 4.79 Å². The maximum atomic E-state index is 12.3. The number of aromatic nitrogens is 2. The van der Waals surface area contributed by atoms with Crippen LogP contribution in [0.5, 0.6) is 0 Å². The Bertz CT molecular complexity index is 774. The van der Waals surface area contributed by atoms with E-state index < -0.39 is 0 Å². The number of rotatable bonds is 4. The number of amides is 1. The number of nitrogens with one attached hydrogen (secondary N) is 2. The number of nitrogens with zero attached hydrogens (tertiary/aromatic N) is 3. The van der Waals surface area contributed by atoms with Crippen LogP contribution in [0.25, 0.3) is 0 Å². The molecule has 144 valence electrons. The molecule has 6 heteroatoms. The SMILES string of the molecule is CC1CCN(c2ccc(Nc3nccc(C(=O)NC(C)(C)C)n3)cc2)CC1.